The van der Waals surface area contributed by atoms with Gasteiger partial charge in [0.25, 0.3) is 0 Å². The molecule has 6 heteroatoms. The van der Waals surface area contributed by atoms with Crippen molar-refractivity contribution in [3.05, 3.63) is 65.5 Å². The van der Waals surface area contributed by atoms with Crippen LogP contribution in [-0.4, -0.2) is 47.8 Å². The Morgan fingerprint density at radius 1 is 1.14 bits per heavy atom. The molecule has 0 aliphatic carbocycles. The van der Waals surface area contributed by atoms with Gasteiger partial charge < -0.3 is 15.2 Å². The van der Waals surface area contributed by atoms with Gasteiger partial charge in [0.05, 0.1) is 6.54 Å². The first kappa shape index (κ1) is 20.3. The summed E-state index contributed by atoms with van der Waals surface area (Å²) in [6.07, 6.45) is 1.12. The van der Waals surface area contributed by atoms with E-state index in [-0.39, 0.29) is 24.9 Å². The number of hydrogen-bond donors (Lipinski definition) is 2. The molecule has 1 amide bonds. The molecule has 2 N–H and O–H groups in total. The number of rotatable bonds is 7. The molecule has 1 aliphatic rings. The molecule has 0 atom stereocenters. The molecule has 1 aliphatic heterocycles. The van der Waals surface area contributed by atoms with Crippen molar-refractivity contribution in [2.45, 2.75) is 31.9 Å². The fraction of sp³-hybridized carbons (Fsp3) is 0.409. The molecule has 5 nitrogen and oxygen atoms in total. The number of aliphatic hydroxyl groups is 1. The molecule has 1 heterocycles. The SMILES string of the molecule is Cc1ccc(OCC2(O)CCN(CC(=O)NCc3ccc(F)cc3)CC2)cc1. The summed E-state index contributed by atoms with van der Waals surface area (Å²) in [7, 11) is 0. The molecule has 2 aromatic carbocycles. The summed E-state index contributed by atoms with van der Waals surface area (Å²) in [4.78, 5) is 14.2. The number of nitrogens with one attached hydrogen (secondary N) is 1. The minimum absolute atomic E-state index is 0.0781. The monoisotopic (exact) mass is 386 g/mol. The minimum Gasteiger partial charge on any atom is -0.491 e. The van der Waals surface area contributed by atoms with Gasteiger partial charge in [-0.05, 0) is 49.6 Å². The maximum absolute atomic E-state index is 12.9. The number of ether oxygens (including phenoxy) is 1. The molecule has 2 aromatic rings. The van der Waals surface area contributed by atoms with Crippen molar-refractivity contribution < 1.29 is 19.0 Å². The third-order valence-electron chi connectivity index (χ3n) is 5.09. The van der Waals surface area contributed by atoms with Crippen molar-refractivity contribution in [1.82, 2.24) is 10.2 Å². The van der Waals surface area contributed by atoms with E-state index in [9.17, 15) is 14.3 Å². The van der Waals surface area contributed by atoms with E-state index in [1.165, 1.54) is 12.1 Å². The van der Waals surface area contributed by atoms with Crippen LogP contribution >= 0.6 is 0 Å². The van der Waals surface area contributed by atoms with Crippen molar-refractivity contribution in [2.75, 3.05) is 26.2 Å². The van der Waals surface area contributed by atoms with E-state index in [0.717, 1.165) is 16.9 Å². The number of halogens is 1. The van der Waals surface area contributed by atoms with Gasteiger partial charge in [-0.1, -0.05) is 29.8 Å². The lowest BCUT2D eigenvalue weighted by molar-refractivity contribution is -0.124. The van der Waals surface area contributed by atoms with E-state index in [4.69, 9.17) is 4.74 Å². The van der Waals surface area contributed by atoms with E-state index in [0.29, 0.717) is 32.5 Å². The average Bonchev–Trinajstić information content (AvgIpc) is 2.69. The summed E-state index contributed by atoms with van der Waals surface area (Å²) >= 11 is 0. The predicted octanol–water partition coefficient (Wildman–Crippen LogP) is 2.66. The minimum atomic E-state index is -0.869. The molecular formula is C22H27FN2O3. The maximum atomic E-state index is 12.9. The highest BCUT2D eigenvalue weighted by Crippen LogP contribution is 2.24. The van der Waals surface area contributed by atoms with Gasteiger partial charge in [0.1, 0.15) is 23.8 Å². The molecule has 28 heavy (non-hydrogen) atoms. The molecule has 0 aromatic heterocycles. The first-order chi connectivity index (χ1) is 13.4. The molecule has 0 spiro atoms. The summed E-state index contributed by atoms with van der Waals surface area (Å²) in [5, 5.41) is 13.6. The maximum Gasteiger partial charge on any atom is 0.234 e. The summed E-state index contributed by atoms with van der Waals surface area (Å²) in [6, 6.07) is 13.8. The highest BCUT2D eigenvalue weighted by Gasteiger charge is 2.33. The molecule has 150 valence electrons. The molecule has 3 rings (SSSR count). The smallest absolute Gasteiger partial charge is 0.234 e. The highest BCUT2D eigenvalue weighted by atomic mass is 19.1. The van der Waals surface area contributed by atoms with Crippen LogP contribution in [0.25, 0.3) is 0 Å². The standard InChI is InChI=1S/C22H27FN2O3/c1-17-2-8-20(9-3-17)28-16-22(27)10-12-25(13-11-22)15-21(26)24-14-18-4-6-19(23)7-5-18/h2-9,27H,10-16H2,1H3,(H,24,26). The Kier molecular flexibility index (Phi) is 6.65. The van der Waals surface area contributed by atoms with Crippen LogP contribution in [0.3, 0.4) is 0 Å². The summed E-state index contributed by atoms with van der Waals surface area (Å²) in [5.74, 6) is 0.384. The topological polar surface area (TPSA) is 61.8 Å². The van der Waals surface area contributed by atoms with E-state index in [1.807, 2.05) is 36.1 Å². The zero-order valence-corrected chi connectivity index (χ0v) is 16.2. The Balaban J connectivity index is 1.38. The van der Waals surface area contributed by atoms with Crippen molar-refractivity contribution in [3.8, 4) is 5.75 Å². The predicted molar refractivity (Wildman–Crippen MR) is 106 cm³/mol. The van der Waals surface area contributed by atoms with Gasteiger partial charge in [0.15, 0.2) is 0 Å². The van der Waals surface area contributed by atoms with Crippen LogP contribution in [0, 0.1) is 12.7 Å². The second kappa shape index (κ2) is 9.17. The molecule has 0 bridgehead atoms. The average molecular weight is 386 g/mol. The zero-order chi connectivity index (χ0) is 20.0. The fourth-order valence-electron chi connectivity index (χ4n) is 3.19. The van der Waals surface area contributed by atoms with Gasteiger partial charge >= 0.3 is 0 Å². The van der Waals surface area contributed by atoms with E-state index in [1.54, 1.807) is 12.1 Å². The Morgan fingerprint density at radius 2 is 1.79 bits per heavy atom. The zero-order valence-electron chi connectivity index (χ0n) is 16.2. The molecular weight excluding hydrogens is 359 g/mol. The van der Waals surface area contributed by atoms with Crippen molar-refractivity contribution in [2.24, 2.45) is 0 Å². The van der Waals surface area contributed by atoms with E-state index < -0.39 is 5.60 Å². The number of aryl methyl sites for hydroxylation is 1. The Labute approximate surface area is 165 Å². The molecule has 0 unspecified atom stereocenters. The third kappa shape index (κ3) is 6.04. The first-order valence-electron chi connectivity index (χ1n) is 9.57. The van der Waals surface area contributed by atoms with Crippen LogP contribution in [0.5, 0.6) is 5.75 Å². The number of carbonyl (C=O) groups is 1. The fourth-order valence-corrected chi connectivity index (χ4v) is 3.19. The normalized spacial score (nSPS) is 16.5. The molecule has 1 saturated heterocycles. The Bertz CT molecular complexity index is 769. The van der Waals surface area contributed by atoms with Gasteiger partial charge in [-0.2, -0.15) is 0 Å². The lowest BCUT2D eigenvalue weighted by atomic mass is 9.92. The number of carbonyl (C=O) groups excluding carboxylic acids is 1. The number of benzene rings is 2. The van der Waals surface area contributed by atoms with Crippen LogP contribution in [0.1, 0.15) is 24.0 Å². The first-order valence-corrected chi connectivity index (χ1v) is 9.57. The number of amides is 1. The molecule has 0 saturated carbocycles. The second-order valence-corrected chi connectivity index (χ2v) is 7.51. The van der Waals surface area contributed by atoms with Gasteiger partial charge in [0, 0.05) is 19.6 Å². The third-order valence-corrected chi connectivity index (χ3v) is 5.09. The number of likely N-dealkylation sites (tertiary alicyclic amines) is 1. The van der Waals surface area contributed by atoms with Crippen LogP contribution in [0.2, 0.25) is 0 Å². The van der Waals surface area contributed by atoms with Gasteiger partial charge in [-0.15, -0.1) is 0 Å². The van der Waals surface area contributed by atoms with Gasteiger partial charge in [-0.25, -0.2) is 4.39 Å². The number of hydrogen-bond acceptors (Lipinski definition) is 4. The van der Waals surface area contributed by atoms with Crippen LogP contribution in [-0.2, 0) is 11.3 Å². The largest absolute Gasteiger partial charge is 0.491 e. The van der Waals surface area contributed by atoms with Crippen LogP contribution in [0.4, 0.5) is 4.39 Å². The quantitative estimate of drug-likeness (QED) is 0.768. The number of piperidine rings is 1. The van der Waals surface area contributed by atoms with E-state index >= 15 is 0 Å². The van der Waals surface area contributed by atoms with Crippen LogP contribution in [0.15, 0.2) is 48.5 Å². The van der Waals surface area contributed by atoms with Crippen molar-refractivity contribution >= 4 is 5.91 Å². The lowest BCUT2D eigenvalue weighted by Crippen LogP contribution is -2.50. The van der Waals surface area contributed by atoms with Gasteiger partial charge in [-0.3, -0.25) is 9.69 Å². The summed E-state index contributed by atoms with van der Waals surface area (Å²) in [6.45, 7) is 4.20. The second-order valence-electron chi connectivity index (χ2n) is 7.51. The Hall–Kier alpha value is -2.44. The number of nitrogens with zero attached hydrogens (tertiary/aromatic N) is 1. The van der Waals surface area contributed by atoms with Gasteiger partial charge in [0.2, 0.25) is 5.91 Å². The Morgan fingerprint density at radius 3 is 2.43 bits per heavy atom. The summed E-state index contributed by atoms with van der Waals surface area (Å²) in [5.41, 5.74) is 1.15. The van der Waals surface area contributed by atoms with E-state index in [2.05, 4.69) is 5.32 Å². The van der Waals surface area contributed by atoms with Crippen LogP contribution < -0.4 is 10.1 Å². The molecule has 1 fully saturated rings. The highest BCUT2D eigenvalue weighted by molar-refractivity contribution is 5.78. The molecule has 0 radical (unpaired) electrons. The summed E-state index contributed by atoms with van der Waals surface area (Å²) < 4.78 is 18.6. The van der Waals surface area contributed by atoms with Crippen molar-refractivity contribution in [3.63, 3.8) is 0 Å². The van der Waals surface area contributed by atoms with Crippen molar-refractivity contribution in [1.29, 1.82) is 0 Å². The lowest BCUT2D eigenvalue weighted by Gasteiger charge is -2.37.